The van der Waals surface area contributed by atoms with E-state index in [0.29, 0.717) is 18.9 Å². The number of rotatable bonds is 6. The highest BCUT2D eigenvalue weighted by molar-refractivity contribution is 7.89. The average molecular weight is 421 g/mol. The largest absolute Gasteiger partial charge is 0.379 e. The molecule has 29 heavy (non-hydrogen) atoms. The van der Waals surface area contributed by atoms with Gasteiger partial charge in [-0.2, -0.15) is 4.31 Å². The Morgan fingerprint density at radius 3 is 2.59 bits per heavy atom. The molecule has 6 nitrogen and oxygen atoms in total. The molecule has 0 aromatic heterocycles. The van der Waals surface area contributed by atoms with Crippen molar-refractivity contribution in [2.75, 3.05) is 31.6 Å². The molecule has 0 aliphatic carbocycles. The highest BCUT2D eigenvalue weighted by atomic mass is 32.2. The van der Waals surface area contributed by atoms with E-state index in [1.54, 1.807) is 12.1 Å². The number of hydrogen-bond donors (Lipinski definition) is 1. The van der Waals surface area contributed by atoms with Gasteiger partial charge in [0.2, 0.25) is 10.0 Å². The summed E-state index contributed by atoms with van der Waals surface area (Å²) in [5, 5.41) is 2.73. The molecule has 1 saturated heterocycles. The molecular weight excluding hydrogens is 395 g/mol. The summed E-state index contributed by atoms with van der Waals surface area (Å²) in [5.74, 6) is -1.24. The molecule has 1 aliphatic heterocycles. The van der Waals surface area contributed by atoms with E-state index < -0.39 is 21.7 Å². The van der Waals surface area contributed by atoms with E-state index in [9.17, 15) is 17.6 Å². The molecule has 0 saturated carbocycles. The van der Waals surface area contributed by atoms with Gasteiger partial charge in [-0.3, -0.25) is 4.79 Å². The first-order valence-electron chi connectivity index (χ1n) is 9.62. The number of para-hydroxylation sites is 1. The summed E-state index contributed by atoms with van der Waals surface area (Å²) in [6, 6.07) is 10.6. The molecule has 8 heteroatoms. The zero-order valence-electron chi connectivity index (χ0n) is 16.5. The van der Waals surface area contributed by atoms with Gasteiger partial charge in [-0.05, 0) is 42.2 Å². The average Bonchev–Trinajstić information content (AvgIpc) is 2.74. The van der Waals surface area contributed by atoms with Crippen LogP contribution in [0.5, 0.6) is 0 Å². The minimum Gasteiger partial charge on any atom is -0.379 e. The highest BCUT2D eigenvalue weighted by Crippen LogP contribution is 2.27. The number of amides is 1. The Morgan fingerprint density at radius 1 is 1.21 bits per heavy atom. The Labute approximate surface area is 170 Å². The van der Waals surface area contributed by atoms with Gasteiger partial charge in [-0.15, -0.1) is 0 Å². The van der Waals surface area contributed by atoms with Crippen molar-refractivity contribution in [3.05, 3.63) is 59.4 Å². The van der Waals surface area contributed by atoms with Gasteiger partial charge < -0.3 is 10.1 Å². The number of nitrogens with zero attached hydrogens (tertiary/aromatic N) is 1. The molecule has 0 bridgehead atoms. The summed E-state index contributed by atoms with van der Waals surface area (Å²) >= 11 is 0. The minimum absolute atomic E-state index is 0.110. The van der Waals surface area contributed by atoms with Crippen molar-refractivity contribution in [1.29, 1.82) is 0 Å². The molecule has 156 valence electrons. The lowest BCUT2D eigenvalue weighted by atomic mass is 9.97. The molecule has 2 aromatic rings. The Balaban J connectivity index is 1.90. The number of carbonyl (C=O) groups is 1. The number of halogens is 1. The highest BCUT2D eigenvalue weighted by Gasteiger charge is 2.28. The van der Waals surface area contributed by atoms with E-state index >= 15 is 0 Å². The molecule has 1 N–H and O–H groups in total. The van der Waals surface area contributed by atoms with Crippen LogP contribution in [0.4, 0.5) is 10.1 Å². The third-order valence-corrected chi connectivity index (χ3v) is 7.04. The van der Waals surface area contributed by atoms with Gasteiger partial charge in [0.1, 0.15) is 5.82 Å². The van der Waals surface area contributed by atoms with E-state index in [-0.39, 0.29) is 29.5 Å². The number of hydrogen-bond acceptors (Lipinski definition) is 4. The number of ether oxygens (including phenoxy) is 1. The molecule has 0 spiro atoms. The Morgan fingerprint density at radius 2 is 1.90 bits per heavy atom. The third-order valence-electron chi connectivity index (χ3n) is 5.14. The fourth-order valence-corrected chi connectivity index (χ4v) is 4.66. The van der Waals surface area contributed by atoms with Crippen LogP contribution in [0.2, 0.25) is 0 Å². The molecule has 1 fully saturated rings. The minimum atomic E-state index is -3.83. The monoisotopic (exact) mass is 420 g/mol. The summed E-state index contributed by atoms with van der Waals surface area (Å²) in [5.41, 5.74) is 1.23. The van der Waals surface area contributed by atoms with Crippen molar-refractivity contribution in [3.8, 4) is 0 Å². The molecule has 0 radical (unpaired) electrons. The normalized spacial score (nSPS) is 16.4. The predicted molar refractivity (Wildman–Crippen MR) is 109 cm³/mol. The number of morpholine rings is 1. The van der Waals surface area contributed by atoms with Gasteiger partial charge >= 0.3 is 0 Å². The zero-order chi connectivity index (χ0) is 21.0. The molecule has 1 heterocycles. The van der Waals surface area contributed by atoms with Gasteiger partial charge in [0, 0.05) is 18.8 Å². The summed E-state index contributed by atoms with van der Waals surface area (Å²) in [4.78, 5) is 12.7. The Kier molecular flexibility index (Phi) is 6.66. The quantitative estimate of drug-likeness (QED) is 0.775. The fourth-order valence-electron chi connectivity index (χ4n) is 3.23. The van der Waals surface area contributed by atoms with Crippen LogP contribution < -0.4 is 5.32 Å². The molecule has 0 unspecified atom stereocenters. The van der Waals surface area contributed by atoms with Crippen LogP contribution in [0.25, 0.3) is 0 Å². The van der Waals surface area contributed by atoms with Crippen LogP contribution in [0.15, 0.2) is 47.4 Å². The van der Waals surface area contributed by atoms with Gasteiger partial charge in [0.25, 0.3) is 5.91 Å². The van der Waals surface area contributed by atoms with Crippen LogP contribution >= 0.6 is 0 Å². The van der Waals surface area contributed by atoms with E-state index in [4.69, 9.17) is 4.74 Å². The first-order chi connectivity index (χ1) is 13.8. The lowest BCUT2D eigenvalue weighted by molar-refractivity contribution is 0.0730. The SMILES string of the molecule is CC[C@H](C)c1ccccc1NC(=O)c1cc(S(=O)(=O)N2CCOCC2)ccc1F. The van der Waals surface area contributed by atoms with Crippen molar-refractivity contribution < 1.29 is 22.3 Å². The standard InChI is InChI=1S/C21H25FN2O4S/c1-3-15(2)17-6-4-5-7-20(17)23-21(25)18-14-16(8-9-19(18)22)29(26,27)24-10-12-28-13-11-24/h4-9,14-15H,3,10-13H2,1-2H3,(H,23,25)/t15-/m0/s1. The predicted octanol–water partition coefficient (Wildman–Crippen LogP) is 3.61. The van der Waals surface area contributed by atoms with Gasteiger partial charge in [0.15, 0.2) is 0 Å². The molecule has 1 aliphatic rings. The van der Waals surface area contributed by atoms with Crippen LogP contribution in [0, 0.1) is 5.82 Å². The van der Waals surface area contributed by atoms with Crippen molar-refractivity contribution in [1.82, 2.24) is 4.31 Å². The van der Waals surface area contributed by atoms with E-state index in [1.165, 1.54) is 10.4 Å². The Bertz CT molecular complexity index is 988. The van der Waals surface area contributed by atoms with E-state index in [0.717, 1.165) is 24.1 Å². The maximum Gasteiger partial charge on any atom is 0.258 e. The number of benzene rings is 2. The van der Waals surface area contributed by atoms with Crippen LogP contribution in [0.3, 0.4) is 0 Å². The van der Waals surface area contributed by atoms with Crippen LogP contribution in [0.1, 0.15) is 42.1 Å². The first kappa shape index (κ1) is 21.4. The van der Waals surface area contributed by atoms with Crippen molar-refractivity contribution in [2.24, 2.45) is 0 Å². The topological polar surface area (TPSA) is 75.7 Å². The van der Waals surface area contributed by atoms with Crippen molar-refractivity contribution in [2.45, 2.75) is 31.1 Å². The number of anilines is 1. The van der Waals surface area contributed by atoms with Crippen molar-refractivity contribution in [3.63, 3.8) is 0 Å². The number of nitrogens with one attached hydrogen (secondary N) is 1. The van der Waals surface area contributed by atoms with E-state index in [2.05, 4.69) is 5.32 Å². The lowest BCUT2D eigenvalue weighted by Gasteiger charge is -2.26. The summed E-state index contributed by atoms with van der Waals surface area (Å²) < 4.78 is 46.5. The molecule has 1 amide bonds. The van der Waals surface area contributed by atoms with Crippen molar-refractivity contribution >= 4 is 21.6 Å². The lowest BCUT2D eigenvalue weighted by Crippen LogP contribution is -2.40. The second-order valence-corrected chi connectivity index (χ2v) is 8.95. The molecular formula is C21H25FN2O4S. The summed E-state index contributed by atoms with van der Waals surface area (Å²) in [6.45, 7) is 5.15. The number of sulfonamides is 1. The fraction of sp³-hybridized carbons (Fsp3) is 0.381. The van der Waals surface area contributed by atoms with Gasteiger partial charge in [-0.1, -0.05) is 32.0 Å². The van der Waals surface area contributed by atoms with E-state index in [1.807, 2.05) is 26.0 Å². The van der Waals surface area contributed by atoms with Gasteiger partial charge in [0.05, 0.1) is 23.7 Å². The second kappa shape index (κ2) is 9.02. The first-order valence-corrected chi connectivity index (χ1v) is 11.1. The number of carbonyl (C=O) groups excluding carboxylic acids is 1. The zero-order valence-corrected chi connectivity index (χ0v) is 17.3. The summed E-state index contributed by atoms with van der Waals surface area (Å²) in [7, 11) is -3.83. The molecule has 3 rings (SSSR count). The van der Waals surface area contributed by atoms with Gasteiger partial charge in [-0.25, -0.2) is 12.8 Å². The second-order valence-electron chi connectivity index (χ2n) is 7.01. The van der Waals surface area contributed by atoms with Crippen LogP contribution in [-0.4, -0.2) is 44.9 Å². The summed E-state index contributed by atoms with van der Waals surface area (Å²) in [6.07, 6.45) is 0.883. The smallest absolute Gasteiger partial charge is 0.258 e. The third kappa shape index (κ3) is 4.66. The molecule has 2 aromatic carbocycles. The molecule has 1 atom stereocenters. The Hall–Kier alpha value is -2.29. The maximum absolute atomic E-state index is 14.4. The van der Waals surface area contributed by atoms with Crippen LogP contribution in [-0.2, 0) is 14.8 Å². The maximum atomic E-state index is 14.4.